The highest BCUT2D eigenvalue weighted by atomic mass is 79.9. The monoisotopic (exact) mass is 391 g/mol. The number of para-hydroxylation sites is 1. The fourth-order valence-corrected chi connectivity index (χ4v) is 2.48. The zero-order chi connectivity index (χ0) is 17.2. The Hall–Kier alpha value is -2.01. The average Bonchev–Trinajstić information content (AvgIpc) is 2.59. The first-order valence-electron chi connectivity index (χ1n) is 8.09. The summed E-state index contributed by atoms with van der Waals surface area (Å²) in [7, 11) is 0. The summed E-state index contributed by atoms with van der Waals surface area (Å²) in [4.78, 5) is 11.9. The molecule has 2 aromatic carbocycles. The molecular formula is C19H22BrNO3. The molecule has 2 rings (SSSR count). The van der Waals surface area contributed by atoms with Crippen molar-refractivity contribution in [3.63, 3.8) is 0 Å². The van der Waals surface area contributed by atoms with Gasteiger partial charge in [0.15, 0.2) is 6.61 Å². The van der Waals surface area contributed by atoms with Gasteiger partial charge < -0.3 is 14.8 Å². The SMILES string of the molecule is CCCCCOc1ccc(NC(=O)COc2ccccc2Br)cc1. The van der Waals surface area contributed by atoms with E-state index < -0.39 is 0 Å². The van der Waals surface area contributed by atoms with Crippen LogP contribution >= 0.6 is 15.9 Å². The highest BCUT2D eigenvalue weighted by Gasteiger charge is 2.06. The van der Waals surface area contributed by atoms with Crippen molar-refractivity contribution in [1.29, 1.82) is 0 Å². The van der Waals surface area contributed by atoms with Crippen LogP contribution in [-0.4, -0.2) is 19.1 Å². The van der Waals surface area contributed by atoms with Gasteiger partial charge >= 0.3 is 0 Å². The van der Waals surface area contributed by atoms with Gasteiger partial charge in [0.2, 0.25) is 0 Å². The van der Waals surface area contributed by atoms with E-state index in [1.807, 2.05) is 48.5 Å². The standard InChI is InChI=1S/C19H22BrNO3/c1-2-3-6-13-23-16-11-9-15(10-12-16)21-19(22)14-24-18-8-5-4-7-17(18)20/h4-5,7-12H,2-3,6,13-14H2,1H3,(H,21,22). The smallest absolute Gasteiger partial charge is 0.262 e. The molecule has 1 amide bonds. The highest BCUT2D eigenvalue weighted by molar-refractivity contribution is 9.10. The van der Waals surface area contributed by atoms with Crippen LogP contribution in [0, 0.1) is 0 Å². The summed E-state index contributed by atoms with van der Waals surface area (Å²) >= 11 is 3.38. The summed E-state index contributed by atoms with van der Waals surface area (Å²) in [5.74, 6) is 1.25. The lowest BCUT2D eigenvalue weighted by Crippen LogP contribution is -2.20. The Balaban J connectivity index is 1.76. The molecule has 0 aliphatic carbocycles. The third kappa shape index (κ3) is 6.24. The molecule has 0 aliphatic rings. The molecule has 0 spiro atoms. The fourth-order valence-electron chi connectivity index (χ4n) is 2.08. The molecule has 0 saturated carbocycles. The zero-order valence-corrected chi connectivity index (χ0v) is 15.3. The Kier molecular flexibility index (Phi) is 7.62. The summed E-state index contributed by atoms with van der Waals surface area (Å²) in [5, 5.41) is 2.80. The largest absolute Gasteiger partial charge is 0.494 e. The molecule has 1 N–H and O–H groups in total. The maximum atomic E-state index is 11.9. The van der Waals surface area contributed by atoms with Crippen LogP contribution in [0.3, 0.4) is 0 Å². The molecule has 0 heterocycles. The quantitative estimate of drug-likeness (QED) is 0.609. The van der Waals surface area contributed by atoms with Gasteiger partial charge in [0.1, 0.15) is 11.5 Å². The Bertz CT molecular complexity index is 643. The van der Waals surface area contributed by atoms with Crippen LogP contribution in [0.15, 0.2) is 53.0 Å². The van der Waals surface area contributed by atoms with Crippen molar-refractivity contribution in [3.8, 4) is 11.5 Å². The maximum Gasteiger partial charge on any atom is 0.262 e. The van der Waals surface area contributed by atoms with Gasteiger partial charge in [-0.2, -0.15) is 0 Å². The van der Waals surface area contributed by atoms with Crippen molar-refractivity contribution in [2.24, 2.45) is 0 Å². The van der Waals surface area contributed by atoms with Crippen molar-refractivity contribution >= 4 is 27.5 Å². The van der Waals surface area contributed by atoms with Crippen molar-refractivity contribution < 1.29 is 14.3 Å². The minimum atomic E-state index is -0.206. The number of carbonyl (C=O) groups is 1. The summed E-state index contributed by atoms with van der Waals surface area (Å²) in [5.41, 5.74) is 0.719. The number of hydrogen-bond donors (Lipinski definition) is 1. The van der Waals surface area contributed by atoms with Crippen LogP contribution in [0.2, 0.25) is 0 Å². The van der Waals surface area contributed by atoms with Crippen molar-refractivity contribution in [1.82, 2.24) is 0 Å². The summed E-state index contributed by atoms with van der Waals surface area (Å²) in [6.45, 7) is 2.84. The number of rotatable bonds is 9. The second-order valence-corrected chi connectivity index (χ2v) is 6.20. The predicted molar refractivity (Wildman–Crippen MR) is 99.7 cm³/mol. The van der Waals surface area contributed by atoms with Crippen LogP contribution < -0.4 is 14.8 Å². The highest BCUT2D eigenvalue weighted by Crippen LogP contribution is 2.23. The van der Waals surface area contributed by atoms with E-state index in [9.17, 15) is 4.79 Å². The Morgan fingerprint density at radius 1 is 1.04 bits per heavy atom. The van der Waals surface area contributed by atoms with E-state index in [4.69, 9.17) is 9.47 Å². The number of amides is 1. The van der Waals surface area contributed by atoms with E-state index in [0.29, 0.717) is 5.75 Å². The first-order chi connectivity index (χ1) is 11.7. The second kappa shape index (κ2) is 9.98. The molecule has 24 heavy (non-hydrogen) atoms. The third-order valence-corrected chi connectivity index (χ3v) is 4.01. The Labute approximate surface area is 151 Å². The zero-order valence-electron chi connectivity index (χ0n) is 13.8. The molecule has 0 atom stereocenters. The molecule has 0 aromatic heterocycles. The summed E-state index contributed by atoms with van der Waals surface area (Å²) in [6, 6.07) is 14.8. The van der Waals surface area contributed by atoms with Crippen LogP contribution in [0.1, 0.15) is 26.2 Å². The predicted octanol–water partition coefficient (Wildman–Crippen LogP) is 5.04. The number of anilines is 1. The van der Waals surface area contributed by atoms with Gasteiger partial charge in [-0.05, 0) is 58.7 Å². The van der Waals surface area contributed by atoms with Crippen LogP contribution in [0.25, 0.3) is 0 Å². The lowest BCUT2D eigenvalue weighted by molar-refractivity contribution is -0.118. The number of benzene rings is 2. The number of nitrogens with one attached hydrogen (secondary N) is 1. The minimum absolute atomic E-state index is 0.0438. The van der Waals surface area contributed by atoms with E-state index in [1.165, 1.54) is 12.8 Å². The molecule has 0 radical (unpaired) electrons. The molecule has 4 nitrogen and oxygen atoms in total. The normalized spacial score (nSPS) is 10.2. The van der Waals surface area contributed by atoms with Crippen LogP contribution in [-0.2, 0) is 4.79 Å². The van der Waals surface area contributed by atoms with Crippen molar-refractivity contribution in [2.75, 3.05) is 18.5 Å². The van der Waals surface area contributed by atoms with Gasteiger partial charge in [-0.25, -0.2) is 0 Å². The molecule has 0 unspecified atom stereocenters. The van der Waals surface area contributed by atoms with Crippen LogP contribution in [0.4, 0.5) is 5.69 Å². The lowest BCUT2D eigenvalue weighted by Gasteiger charge is -2.10. The van der Waals surface area contributed by atoms with E-state index in [2.05, 4.69) is 28.2 Å². The van der Waals surface area contributed by atoms with E-state index in [0.717, 1.165) is 28.9 Å². The van der Waals surface area contributed by atoms with Crippen molar-refractivity contribution in [3.05, 3.63) is 53.0 Å². The number of ether oxygens (including phenoxy) is 2. The number of halogens is 1. The second-order valence-electron chi connectivity index (χ2n) is 5.35. The van der Waals surface area contributed by atoms with Crippen LogP contribution in [0.5, 0.6) is 11.5 Å². The molecular weight excluding hydrogens is 370 g/mol. The van der Waals surface area contributed by atoms with Gasteiger partial charge in [-0.15, -0.1) is 0 Å². The van der Waals surface area contributed by atoms with Gasteiger partial charge in [-0.3, -0.25) is 4.79 Å². The van der Waals surface area contributed by atoms with Gasteiger partial charge in [0.05, 0.1) is 11.1 Å². The molecule has 0 fully saturated rings. The molecule has 0 bridgehead atoms. The Morgan fingerprint density at radius 3 is 2.50 bits per heavy atom. The van der Waals surface area contributed by atoms with E-state index >= 15 is 0 Å². The fraction of sp³-hybridized carbons (Fsp3) is 0.316. The maximum absolute atomic E-state index is 11.9. The number of hydrogen-bond acceptors (Lipinski definition) is 3. The molecule has 0 saturated heterocycles. The first kappa shape index (κ1) is 18.3. The lowest BCUT2D eigenvalue weighted by atomic mass is 10.2. The Morgan fingerprint density at radius 2 is 1.79 bits per heavy atom. The number of carbonyl (C=O) groups excluding carboxylic acids is 1. The van der Waals surface area contributed by atoms with Crippen molar-refractivity contribution in [2.45, 2.75) is 26.2 Å². The molecule has 2 aromatic rings. The minimum Gasteiger partial charge on any atom is -0.494 e. The van der Waals surface area contributed by atoms with E-state index in [-0.39, 0.29) is 12.5 Å². The van der Waals surface area contributed by atoms with Gasteiger partial charge in [0, 0.05) is 5.69 Å². The molecule has 5 heteroatoms. The van der Waals surface area contributed by atoms with Gasteiger partial charge in [0.25, 0.3) is 5.91 Å². The average molecular weight is 392 g/mol. The van der Waals surface area contributed by atoms with Gasteiger partial charge in [-0.1, -0.05) is 31.9 Å². The number of unbranched alkanes of at least 4 members (excludes halogenated alkanes) is 2. The molecule has 0 aliphatic heterocycles. The summed E-state index contributed by atoms with van der Waals surface area (Å²) in [6.07, 6.45) is 3.41. The summed E-state index contributed by atoms with van der Waals surface area (Å²) < 4.78 is 12.0. The topological polar surface area (TPSA) is 47.6 Å². The first-order valence-corrected chi connectivity index (χ1v) is 8.88. The van der Waals surface area contributed by atoms with E-state index in [1.54, 1.807) is 0 Å². The third-order valence-electron chi connectivity index (χ3n) is 3.35. The molecule has 128 valence electrons.